The Bertz CT molecular complexity index is 473. The molecular formula is C8H8F3N5O. The molecule has 0 fully saturated rings. The molecule has 0 bridgehead atoms. The van der Waals surface area contributed by atoms with Crippen LogP contribution in [0.2, 0.25) is 0 Å². The summed E-state index contributed by atoms with van der Waals surface area (Å²) >= 11 is 0. The van der Waals surface area contributed by atoms with Crippen LogP contribution in [0.15, 0.2) is 23.4 Å². The molecule has 17 heavy (non-hydrogen) atoms. The first kappa shape index (κ1) is 11.6. The van der Waals surface area contributed by atoms with Crippen molar-refractivity contribution in [2.24, 2.45) is 11.1 Å². The number of hydrazine groups is 2. The van der Waals surface area contributed by atoms with Gasteiger partial charge in [0.2, 0.25) is 0 Å². The molecule has 3 N–H and O–H groups in total. The maximum Gasteiger partial charge on any atom is 0.416 e. The highest BCUT2D eigenvalue weighted by atomic mass is 19.4. The van der Waals surface area contributed by atoms with Crippen molar-refractivity contribution in [2.45, 2.75) is 12.7 Å². The summed E-state index contributed by atoms with van der Waals surface area (Å²) in [6.07, 6.45) is -4.49. The van der Waals surface area contributed by atoms with Crippen molar-refractivity contribution in [3.63, 3.8) is 0 Å². The summed E-state index contributed by atoms with van der Waals surface area (Å²) < 4.78 is 37.3. The first-order valence-electron chi connectivity index (χ1n) is 4.54. The third kappa shape index (κ3) is 2.15. The molecule has 0 atom stereocenters. The molecule has 92 valence electrons. The molecule has 0 saturated heterocycles. The Labute approximate surface area is 93.6 Å². The average Bonchev–Trinajstić information content (AvgIpc) is 2.27. The average molecular weight is 247 g/mol. The molecule has 0 unspecified atom stereocenters. The Morgan fingerprint density at radius 3 is 2.76 bits per heavy atom. The number of halogens is 3. The zero-order valence-corrected chi connectivity index (χ0v) is 8.40. The molecule has 1 aromatic carbocycles. The third-order valence-electron chi connectivity index (χ3n) is 2.28. The molecule has 2 rings (SSSR count). The van der Waals surface area contributed by atoms with E-state index in [0.29, 0.717) is 5.56 Å². The van der Waals surface area contributed by atoms with Crippen LogP contribution in [-0.2, 0) is 12.7 Å². The molecule has 6 nitrogen and oxygen atoms in total. The van der Waals surface area contributed by atoms with Crippen LogP contribution in [0.3, 0.4) is 0 Å². The SMILES string of the molecule is NNN1Cc2ccc(C(F)(F)F)cc2[N+]([O-])=N1. The quantitative estimate of drug-likeness (QED) is 0.340. The fraction of sp³-hybridized carbons (Fsp3) is 0.250. The van der Waals surface area contributed by atoms with E-state index in [1.807, 2.05) is 0 Å². The Morgan fingerprint density at radius 1 is 1.47 bits per heavy atom. The van der Waals surface area contributed by atoms with Crippen LogP contribution in [0, 0.1) is 5.21 Å². The minimum atomic E-state index is -4.49. The second kappa shape index (κ2) is 3.86. The topological polar surface area (TPSA) is 79.7 Å². The maximum absolute atomic E-state index is 12.4. The van der Waals surface area contributed by atoms with Crippen molar-refractivity contribution < 1.29 is 18.0 Å². The lowest BCUT2D eigenvalue weighted by Crippen LogP contribution is -2.40. The van der Waals surface area contributed by atoms with E-state index in [4.69, 9.17) is 5.84 Å². The van der Waals surface area contributed by atoms with Crippen LogP contribution < -0.4 is 11.4 Å². The van der Waals surface area contributed by atoms with Crippen LogP contribution in [0.4, 0.5) is 18.9 Å². The van der Waals surface area contributed by atoms with E-state index in [1.165, 1.54) is 6.07 Å². The van der Waals surface area contributed by atoms with Gasteiger partial charge in [-0.15, -0.1) is 4.86 Å². The predicted molar refractivity (Wildman–Crippen MR) is 50.0 cm³/mol. The predicted octanol–water partition coefficient (Wildman–Crippen LogP) is 1.41. The van der Waals surface area contributed by atoms with Crippen LogP contribution in [0.1, 0.15) is 11.1 Å². The number of benzene rings is 1. The number of nitrogens with zero attached hydrogens (tertiary/aromatic N) is 3. The highest BCUT2D eigenvalue weighted by Crippen LogP contribution is 2.34. The number of nitrogens with one attached hydrogen (secondary N) is 1. The number of hydrogen-bond donors (Lipinski definition) is 2. The standard InChI is InChI=1S/C8H8F3N5O/c9-8(10,11)6-2-1-5-4-15(13-12)14-16(17)7(5)3-6/h1-3,13H,4,12H2. The van der Waals surface area contributed by atoms with Gasteiger partial charge in [-0.1, -0.05) is 10.7 Å². The molecule has 0 spiro atoms. The third-order valence-corrected chi connectivity index (χ3v) is 2.28. The minimum absolute atomic E-state index is 0.0912. The summed E-state index contributed by atoms with van der Waals surface area (Å²) in [5, 5.41) is 15.8. The van der Waals surface area contributed by atoms with Crippen molar-refractivity contribution in [1.82, 2.24) is 10.7 Å². The van der Waals surface area contributed by atoms with Gasteiger partial charge in [0.25, 0.3) is 0 Å². The van der Waals surface area contributed by atoms with E-state index in [2.05, 4.69) is 10.8 Å². The minimum Gasteiger partial charge on any atom is -0.691 e. The van der Waals surface area contributed by atoms with Crippen molar-refractivity contribution in [2.75, 3.05) is 0 Å². The number of fused-ring (bicyclic) bond motifs is 1. The molecule has 1 heterocycles. The van der Waals surface area contributed by atoms with Crippen LogP contribution in [0.25, 0.3) is 0 Å². The van der Waals surface area contributed by atoms with Gasteiger partial charge in [0.05, 0.1) is 5.56 Å². The summed E-state index contributed by atoms with van der Waals surface area (Å²) in [4.78, 5) is 0.0912. The van der Waals surface area contributed by atoms with E-state index >= 15 is 0 Å². The van der Waals surface area contributed by atoms with E-state index in [9.17, 15) is 18.4 Å². The van der Waals surface area contributed by atoms with E-state index in [0.717, 1.165) is 17.3 Å². The molecule has 0 aromatic heterocycles. The molecule has 1 aliphatic heterocycles. The summed E-state index contributed by atoms with van der Waals surface area (Å²) in [5.74, 6) is 5.06. The highest BCUT2D eigenvalue weighted by molar-refractivity contribution is 5.44. The molecule has 0 amide bonds. The van der Waals surface area contributed by atoms with Crippen molar-refractivity contribution in [1.29, 1.82) is 0 Å². The Hall–Kier alpha value is -1.87. The maximum atomic E-state index is 12.4. The van der Waals surface area contributed by atoms with Gasteiger partial charge in [-0.3, -0.25) is 0 Å². The number of rotatable bonds is 1. The molecule has 0 saturated carbocycles. The smallest absolute Gasteiger partial charge is 0.416 e. The van der Waals surface area contributed by atoms with E-state index < -0.39 is 11.7 Å². The van der Waals surface area contributed by atoms with Gasteiger partial charge in [-0.2, -0.15) is 13.2 Å². The van der Waals surface area contributed by atoms with Crippen molar-refractivity contribution >= 4 is 5.69 Å². The monoisotopic (exact) mass is 247 g/mol. The van der Waals surface area contributed by atoms with Crippen LogP contribution in [-0.4, -0.2) is 9.98 Å². The fourth-order valence-electron chi connectivity index (χ4n) is 1.46. The second-order valence-corrected chi connectivity index (χ2v) is 3.39. The second-order valence-electron chi connectivity index (χ2n) is 3.39. The van der Waals surface area contributed by atoms with Gasteiger partial charge in [0.1, 0.15) is 5.22 Å². The van der Waals surface area contributed by atoms with Crippen LogP contribution in [0.5, 0.6) is 0 Å². The van der Waals surface area contributed by atoms with Crippen molar-refractivity contribution in [3.05, 3.63) is 34.5 Å². The van der Waals surface area contributed by atoms with Gasteiger partial charge in [0.15, 0.2) is 12.2 Å². The molecule has 0 radical (unpaired) electrons. The van der Waals surface area contributed by atoms with Crippen LogP contribution >= 0.6 is 0 Å². The molecule has 1 aromatic rings. The normalized spacial score (nSPS) is 15.5. The number of hydrogen-bond acceptors (Lipinski definition) is 5. The van der Waals surface area contributed by atoms with Gasteiger partial charge in [-0.25, -0.2) is 5.84 Å². The first-order chi connectivity index (χ1) is 7.91. The zero-order chi connectivity index (χ0) is 12.6. The summed E-state index contributed by atoms with van der Waals surface area (Å²) in [5.41, 5.74) is 1.51. The van der Waals surface area contributed by atoms with Gasteiger partial charge >= 0.3 is 6.18 Å². The Balaban J connectivity index is 2.44. The largest absolute Gasteiger partial charge is 0.691 e. The molecule has 1 aliphatic rings. The lowest BCUT2D eigenvalue weighted by Gasteiger charge is -2.20. The van der Waals surface area contributed by atoms with E-state index in [1.54, 1.807) is 0 Å². The lowest BCUT2D eigenvalue weighted by molar-refractivity contribution is -0.472. The fourth-order valence-corrected chi connectivity index (χ4v) is 1.46. The van der Waals surface area contributed by atoms with E-state index in [-0.39, 0.29) is 17.1 Å². The Kier molecular flexibility index (Phi) is 2.63. The lowest BCUT2D eigenvalue weighted by atomic mass is 10.1. The summed E-state index contributed by atoms with van der Waals surface area (Å²) in [7, 11) is 0. The zero-order valence-electron chi connectivity index (χ0n) is 8.40. The summed E-state index contributed by atoms with van der Waals surface area (Å²) in [6, 6.07) is 2.90. The molecule has 0 aliphatic carbocycles. The number of alkyl halides is 3. The highest BCUT2D eigenvalue weighted by Gasteiger charge is 2.33. The molecule has 9 heteroatoms. The van der Waals surface area contributed by atoms with Gasteiger partial charge in [0, 0.05) is 11.6 Å². The van der Waals surface area contributed by atoms with Gasteiger partial charge in [-0.05, 0) is 12.1 Å². The summed E-state index contributed by atoms with van der Waals surface area (Å²) in [6.45, 7) is 0.114. The van der Waals surface area contributed by atoms with Gasteiger partial charge < -0.3 is 5.21 Å². The number of nitrogens with two attached hydrogens (primary N) is 1. The first-order valence-corrected chi connectivity index (χ1v) is 4.54. The molecular weight excluding hydrogens is 239 g/mol. The van der Waals surface area contributed by atoms with Crippen molar-refractivity contribution in [3.8, 4) is 0 Å². The Morgan fingerprint density at radius 2 is 2.18 bits per heavy atom.